The molecule has 0 saturated carbocycles. The van der Waals surface area contributed by atoms with E-state index in [-0.39, 0.29) is 12.5 Å². The number of benzene rings is 1. The molecule has 1 amide bonds. The molecule has 0 aliphatic carbocycles. The van der Waals surface area contributed by atoms with Gasteiger partial charge in [0, 0.05) is 18.5 Å². The van der Waals surface area contributed by atoms with Crippen molar-refractivity contribution in [2.45, 2.75) is 13.5 Å². The van der Waals surface area contributed by atoms with Crippen molar-refractivity contribution >= 4 is 23.2 Å². The maximum absolute atomic E-state index is 12.1. The Hall–Kier alpha value is -2.45. The van der Waals surface area contributed by atoms with Crippen molar-refractivity contribution in [1.82, 2.24) is 9.88 Å². The average Bonchev–Trinajstić information content (AvgIpc) is 3.10. The molecular weight excluding hydrogens is 356 g/mol. The highest BCUT2D eigenvalue weighted by atomic mass is 32.1. The summed E-state index contributed by atoms with van der Waals surface area (Å²) in [5.41, 5.74) is 1.24. The molecule has 1 aliphatic rings. The van der Waals surface area contributed by atoms with Crippen LogP contribution < -0.4 is 4.74 Å². The van der Waals surface area contributed by atoms with E-state index in [2.05, 4.69) is 4.98 Å². The van der Waals surface area contributed by atoms with Crippen LogP contribution in [0.2, 0.25) is 0 Å². The predicted molar refractivity (Wildman–Crippen MR) is 95.3 cm³/mol. The van der Waals surface area contributed by atoms with Gasteiger partial charge in [-0.05, 0) is 31.2 Å². The van der Waals surface area contributed by atoms with Gasteiger partial charge in [-0.25, -0.2) is 9.78 Å². The van der Waals surface area contributed by atoms with Crippen molar-refractivity contribution in [3.63, 3.8) is 0 Å². The van der Waals surface area contributed by atoms with E-state index < -0.39 is 5.97 Å². The maximum Gasteiger partial charge on any atom is 0.338 e. The van der Waals surface area contributed by atoms with E-state index >= 15 is 0 Å². The first kappa shape index (κ1) is 18.3. The minimum Gasteiger partial charge on any atom is -0.487 e. The number of carbonyl (C=O) groups is 2. The summed E-state index contributed by atoms with van der Waals surface area (Å²) in [5.74, 6) is -0.106. The molecule has 2 heterocycles. The molecule has 0 spiro atoms. The number of carbonyl (C=O) groups excluding carboxylic acids is 2. The summed E-state index contributed by atoms with van der Waals surface area (Å²) in [5, 5.41) is 2.94. The average molecular weight is 376 g/mol. The van der Waals surface area contributed by atoms with Crippen LogP contribution in [0.5, 0.6) is 5.75 Å². The Morgan fingerprint density at radius 1 is 1.23 bits per heavy atom. The summed E-state index contributed by atoms with van der Waals surface area (Å²) in [6.07, 6.45) is 0. The summed E-state index contributed by atoms with van der Waals surface area (Å²) < 4.78 is 15.9. The number of nitrogens with zero attached hydrogens (tertiary/aromatic N) is 2. The first-order chi connectivity index (χ1) is 12.6. The van der Waals surface area contributed by atoms with Gasteiger partial charge in [0.05, 0.1) is 29.5 Å². The van der Waals surface area contributed by atoms with E-state index in [0.717, 1.165) is 10.7 Å². The number of hydrogen-bond donors (Lipinski definition) is 0. The van der Waals surface area contributed by atoms with Crippen molar-refractivity contribution in [3.8, 4) is 5.75 Å². The standard InChI is InChI=1S/C18H20N2O5S/c1-13-19-15(12-26-13)10-24-16-4-2-14(3-5-16)18(22)25-11-17(21)20-6-8-23-9-7-20/h2-5,12H,6-11H2,1H3. The van der Waals surface area contributed by atoms with Gasteiger partial charge in [0.2, 0.25) is 0 Å². The van der Waals surface area contributed by atoms with Crippen LogP contribution in [0.25, 0.3) is 0 Å². The minimum absolute atomic E-state index is 0.208. The molecule has 7 nitrogen and oxygen atoms in total. The second kappa shape index (κ2) is 8.77. The molecule has 0 radical (unpaired) electrons. The Balaban J connectivity index is 1.46. The number of thiazole rings is 1. The van der Waals surface area contributed by atoms with Crippen LogP contribution in [-0.4, -0.2) is 54.7 Å². The molecule has 2 aromatic rings. The maximum atomic E-state index is 12.1. The molecule has 0 N–H and O–H groups in total. The van der Waals surface area contributed by atoms with Crippen molar-refractivity contribution in [3.05, 3.63) is 45.9 Å². The van der Waals surface area contributed by atoms with E-state index in [1.165, 1.54) is 0 Å². The van der Waals surface area contributed by atoms with Gasteiger partial charge in [0.15, 0.2) is 6.61 Å². The van der Waals surface area contributed by atoms with Crippen LogP contribution in [0.4, 0.5) is 0 Å². The largest absolute Gasteiger partial charge is 0.487 e. The van der Waals surface area contributed by atoms with Crippen LogP contribution in [0.15, 0.2) is 29.6 Å². The van der Waals surface area contributed by atoms with E-state index in [1.807, 2.05) is 12.3 Å². The number of esters is 1. The highest BCUT2D eigenvalue weighted by molar-refractivity contribution is 7.09. The third-order valence-corrected chi connectivity index (χ3v) is 4.66. The summed E-state index contributed by atoms with van der Waals surface area (Å²) >= 11 is 1.57. The lowest BCUT2D eigenvalue weighted by atomic mass is 10.2. The Kier molecular flexibility index (Phi) is 6.19. The second-order valence-corrected chi connectivity index (χ2v) is 6.80. The number of rotatable bonds is 6. The first-order valence-electron chi connectivity index (χ1n) is 8.28. The highest BCUT2D eigenvalue weighted by Crippen LogP contribution is 2.16. The molecular formula is C18H20N2O5S. The lowest BCUT2D eigenvalue weighted by Crippen LogP contribution is -2.42. The number of ether oxygens (including phenoxy) is 3. The molecule has 0 atom stereocenters. The number of aryl methyl sites for hydroxylation is 1. The van der Waals surface area contributed by atoms with Gasteiger partial charge in [0.25, 0.3) is 5.91 Å². The third-order valence-electron chi connectivity index (χ3n) is 3.83. The molecule has 3 rings (SSSR count). The summed E-state index contributed by atoms with van der Waals surface area (Å²) in [4.78, 5) is 30.0. The molecule has 1 saturated heterocycles. The zero-order chi connectivity index (χ0) is 18.4. The molecule has 1 aromatic heterocycles. The van der Waals surface area contributed by atoms with E-state index in [4.69, 9.17) is 14.2 Å². The van der Waals surface area contributed by atoms with Crippen LogP contribution >= 0.6 is 11.3 Å². The van der Waals surface area contributed by atoms with Crippen LogP contribution in [0.3, 0.4) is 0 Å². The number of aromatic nitrogens is 1. The van der Waals surface area contributed by atoms with Gasteiger partial charge >= 0.3 is 5.97 Å². The highest BCUT2D eigenvalue weighted by Gasteiger charge is 2.18. The second-order valence-electron chi connectivity index (χ2n) is 5.74. The number of hydrogen-bond acceptors (Lipinski definition) is 7. The van der Waals surface area contributed by atoms with Crippen molar-refractivity contribution in [2.24, 2.45) is 0 Å². The van der Waals surface area contributed by atoms with E-state index in [9.17, 15) is 9.59 Å². The van der Waals surface area contributed by atoms with Gasteiger partial charge in [-0.3, -0.25) is 4.79 Å². The van der Waals surface area contributed by atoms with Crippen molar-refractivity contribution in [1.29, 1.82) is 0 Å². The predicted octanol–water partition coefficient (Wildman–Crippen LogP) is 2.05. The smallest absolute Gasteiger partial charge is 0.338 e. The SMILES string of the molecule is Cc1nc(COc2ccc(C(=O)OCC(=O)N3CCOCC3)cc2)cs1. The molecule has 8 heteroatoms. The molecule has 0 unspecified atom stereocenters. The molecule has 0 bridgehead atoms. The normalized spacial score (nSPS) is 14.1. The van der Waals surface area contributed by atoms with Gasteiger partial charge < -0.3 is 19.1 Å². The fraction of sp³-hybridized carbons (Fsp3) is 0.389. The first-order valence-corrected chi connectivity index (χ1v) is 9.16. The summed E-state index contributed by atoms with van der Waals surface area (Å²) in [7, 11) is 0. The number of morpholine rings is 1. The topological polar surface area (TPSA) is 78.0 Å². The third kappa shape index (κ3) is 5.03. The van der Waals surface area contributed by atoms with Crippen LogP contribution in [0.1, 0.15) is 21.1 Å². The Labute approximate surface area is 155 Å². The van der Waals surface area contributed by atoms with E-state index in [0.29, 0.717) is 44.2 Å². The lowest BCUT2D eigenvalue weighted by molar-refractivity contribution is -0.138. The monoisotopic (exact) mass is 376 g/mol. The molecule has 1 aliphatic heterocycles. The Morgan fingerprint density at radius 2 is 1.96 bits per heavy atom. The van der Waals surface area contributed by atoms with Gasteiger partial charge in [-0.1, -0.05) is 0 Å². The fourth-order valence-electron chi connectivity index (χ4n) is 2.43. The number of amides is 1. The molecule has 138 valence electrons. The van der Waals surface area contributed by atoms with Gasteiger partial charge in [-0.2, -0.15) is 0 Å². The molecule has 1 aromatic carbocycles. The van der Waals surface area contributed by atoms with Gasteiger partial charge in [-0.15, -0.1) is 11.3 Å². The zero-order valence-corrected chi connectivity index (χ0v) is 15.3. The fourth-order valence-corrected chi connectivity index (χ4v) is 3.03. The Bertz CT molecular complexity index is 753. The minimum atomic E-state index is -0.534. The molecule has 26 heavy (non-hydrogen) atoms. The summed E-state index contributed by atoms with van der Waals surface area (Å²) in [6.45, 7) is 4.14. The van der Waals surface area contributed by atoms with Crippen molar-refractivity contribution in [2.75, 3.05) is 32.9 Å². The van der Waals surface area contributed by atoms with Gasteiger partial charge in [0.1, 0.15) is 12.4 Å². The van der Waals surface area contributed by atoms with E-state index in [1.54, 1.807) is 40.5 Å². The van der Waals surface area contributed by atoms with Crippen molar-refractivity contribution < 1.29 is 23.8 Å². The zero-order valence-electron chi connectivity index (χ0n) is 14.5. The van der Waals surface area contributed by atoms with Crippen LogP contribution in [-0.2, 0) is 20.9 Å². The quantitative estimate of drug-likeness (QED) is 0.718. The molecule has 1 fully saturated rings. The lowest BCUT2D eigenvalue weighted by Gasteiger charge is -2.26. The Morgan fingerprint density at radius 3 is 2.62 bits per heavy atom. The van der Waals surface area contributed by atoms with Crippen LogP contribution in [0, 0.1) is 6.92 Å². The summed E-state index contributed by atoms with van der Waals surface area (Å²) in [6, 6.07) is 6.62.